The van der Waals surface area contributed by atoms with Crippen LogP contribution in [0.2, 0.25) is 0 Å². The summed E-state index contributed by atoms with van der Waals surface area (Å²) in [5.74, 6) is 0.499. The average molecular weight is 695 g/mol. The second kappa shape index (κ2) is 9.00. The van der Waals surface area contributed by atoms with Crippen LogP contribution in [0.1, 0.15) is 0 Å². The third-order valence-electron chi connectivity index (χ3n) is 12.4. The first-order chi connectivity index (χ1) is 26.8. The smallest absolute Gasteiger partial charge is 0.0612 e. The van der Waals surface area contributed by atoms with E-state index in [1.54, 1.807) is 0 Å². The zero-order valence-electron chi connectivity index (χ0n) is 28.9. The minimum Gasteiger partial charge on any atom is -0.0612 e. The van der Waals surface area contributed by atoms with Gasteiger partial charge in [-0.2, -0.15) is 0 Å². The molecular formula is C46H30N8+8. The van der Waals surface area contributed by atoms with Crippen molar-refractivity contribution >= 4 is 43.6 Å². The average Bonchev–Trinajstić information content (AvgIpc) is 3.93. The first kappa shape index (κ1) is 27.3. The Morgan fingerprint density at radius 1 is 0.259 bits per heavy atom. The van der Waals surface area contributed by atoms with Gasteiger partial charge >= 0.3 is 23.5 Å². The second-order valence-corrected chi connectivity index (χ2v) is 14.8. The Morgan fingerprint density at radius 2 is 0.519 bits per heavy atom. The van der Waals surface area contributed by atoms with E-state index in [4.69, 9.17) is 0 Å². The van der Waals surface area contributed by atoms with Gasteiger partial charge in [0.1, 0.15) is 0 Å². The zero-order valence-corrected chi connectivity index (χ0v) is 28.9. The number of hydrogen-bond donors (Lipinski definition) is 0. The highest BCUT2D eigenvalue weighted by atomic mass is 15.7. The molecule has 14 rings (SSSR count). The maximum absolute atomic E-state index is 2.55. The lowest BCUT2D eigenvalue weighted by molar-refractivity contribution is -1.33. The molecule has 246 valence electrons. The van der Waals surface area contributed by atoms with Crippen LogP contribution >= 0.6 is 0 Å². The van der Waals surface area contributed by atoms with Crippen LogP contribution in [0.25, 0.3) is 78.0 Å². The normalized spacial score (nSPS) is 15.3. The van der Waals surface area contributed by atoms with E-state index in [9.17, 15) is 0 Å². The Balaban J connectivity index is 1.22. The molecule has 54 heavy (non-hydrogen) atoms. The third-order valence-corrected chi connectivity index (χ3v) is 12.4. The molecule has 4 aromatic carbocycles. The molecule has 8 nitrogen and oxygen atoms in total. The maximum Gasteiger partial charge on any atom is 0.781 e. The fourth-order valence-corrected chi connectivity index (χ4v) is 10.5. The molecule has 2 spiro atoms. The van der Waals surface area contributed by atoms with Crippen LogP contribution in [0.3, 0.4) is 0 Å². The minimum atomic E-state index is -0.859. The molecule has 0 radical (unpaired) electrons. The third kappa shape index (κ3) is 2.73. The van der Waals surface area contributed by atoms with Gasteiger partial charge in [-0.05, 0) is 48.5 Å². The van der Waals surface area contributed by atoms with E-state index in [1.165, 1.54) is 43.6 Å². The van der Waals surface area contributed by atoms with Gasteiger partial charge < -0.3 is 0 Å². The van der Waals surface area contributed by atoms with Crippen molar-refractivity contribution in [3.63, 3.8) is 0 Å². The highest BCUT2D eigenvalue weighted by Crippen LogP contribution is 2.35. The number of benzene rings is 4. The number of fused-ring (bicyclic) bond motifs is 22. The van der Waals surface area contributed by atoms with E-state index in [2.05, 4.69) is 219 Å². The van der Waals surface area contributed by atoms with Gasteiger partial charge in [-0.3, -0.25) is 0 Å². The topological polar surface area (TPSA) is 31.0 Å². The summed E-state index contributed by atoms with van der Waals surface area (Å²) in [5, 5.41) is 4.77. The SMILES string of the molecule is c1ccc2c(c1)ccc1[n+]2C2([n+]3ccc[n+]4c3-c3[n+]2ccc[n+]3C42[n+]3c(ccc4ccccc43)-c3ccc4ccccc4[n+]32)[n+]2c-1ccc1ccccc12. The molecule has 4 aliphatic rings. The largest absolute Gasteiger partial charge is 0.781 e. The second-order valence-electron chi connectivity index (χ2n) is 14.8. The van der Waals surface area contributed by atoms with Gasteiger partial charge in [-0.15, -0.1) is 0 Å². The Bertz CT molecular complexity index is 2980. The molecule has 0 saturated heterocycles. The van der Waals surface area contributed by atoms with Gasteiger partial charge in [-0.25, -0.2) is 0 Å². The maximum atomic E-state index is 2.55. The van der Waals surface area contributed by atoms with Crippen LogP contribution in [-0.4, -0.2) is 0 Å². The Morgan fingerprint density at radius 3 is 0.796 bits per heavy atom. The van der Waals surface area contributed by atoms with Gasteiger partial charge in [-0.1, -0.05) is 48.5 Å². The van der Waals surface area contributed by atoms with Gasteiger partial charge in [0.2, 0.25) is 46.9 Å². The van der Waals surface area contributed by atoms with Crippen molar-refractivity contribution in [1.29, 1.82) is 0 Å². The molecule has 4 aliphatic heterocycles. The molecular weight excluding hydrogens is 665 g/mol. The molecule has 0 atom stereocenters. The predicted molar refractivity (Wildman–Crippen MR) is 196 cm³/mol. The van der Waals surface area contributed by atoms with E-state index in [0.717, 1.165) is 34.4 Å². The van der Waals surface area contributed by atoms with E-state index < -0.39 is 11.8 Å². The zero-order chi connectivity index (χ0) is 34.9. The summed E-state index contributed by atoms with van der Waals surface area (Å²) in [6.07, 6.45) is 9.12. The van der Waals surface area contributed by atoms with Crippen LogP contribution < -0.4 is 36.5 Å². The van der Waals surface area contributed by atoms with Crippen LogP contribution in [0.4, 0.5) is 0 Å². The molecule has 10 aromatic rings. The van der Waals surface area contributed by atoms with Gasteiger partial charge in [0.15, 0.2) is 0 Å². The van der Waals surface area contributed by atoms with Crippen molar-refractivity contribution in [3.8, 4) is 34.4 Å². The number of para-hydroxylation sites is 4. The van der Waals surface area contributed by atoms with Crippen molar-refractivity contribution in [1.82, 2.24) is 0 Å². The Hall–Kier alpha value is -7.32. The number of pyridine rings is 4. The fraction of sp³-hybridized carbons (Fsp3) is 0.0435. The predicted octanol–water partition coefficient (Wildman–Crippen LogP) is 3.28. The number of hydrogen-bond acceptors (Lipinski definition) is 0. The van der Waals surface area contributed by atoms with E-state index in [0.29, 0.717) is 0 Å². The molecule has 0 N–H and O–H groups in total. The lowest BCUT2D eigenvalue weighted by Gasteiger charge is -2.09. The molecule has 0 bridgehead atoms. The lowest BCUT2D eigenvalue weighted by atomic mass is 10.1. The molecule has 0 fully saturated rings. The molecule has 0 aliphatic carbocycles. The fourth-order valence-electron chi connectivity index (χ4n) is 10.5. The molecule has 8 heteroatoms. The van der Waals surface area contributed by atoms with E-state index in [-0.39, 0.29) is 0 Å². The summed E-state index contributed by atoms with van der Waals surface area (Å²) in [5.41, 5.74) is 9.32. The standard InChI is InChI=1S/C46H30N8/c1-5-15-35-31(11-1)19-23-39-40-24-20-32-12-2-6-16-36(32)52(40)45(51(35)39)47-27-9-29-49-43(47)44-48(45)28-10-30-50(44)46(49)53-37-17-7-3-13-33(37)21-25-41(53)42-26-22-34-14-4-8-18-38(34)54(42)46/h1-30H/q+8. The summed E-state index contributed by atoms with van der Waals surface area (Å²) in [6, 6.07) is 57.8. The summed E-state index contributed by atoms with van der Waals surface area (Å²) in [4.78, 5) is 0. The van der Waals surface area contributed by atoms with Gasteiger partial charge in [0, 0.05) is 88.3 Å². The molecule has 6 aromatic heterocycles. The van der Waals surface area contributed by atoms with Crippen LogP contribution in [0.5, 0.6) is 0 Å². The van der Waals surface area contributed by atoms with Crippen molar-refractivity contribution in [2.24, 2.45) is 0 Å². The monoisotopic (exact) mass is 694 g/mol. The number of nitrogens with zero attached hydrogens (tertiary/aromatic N) is 8. The van der Waals surface area contributed by atoms with Crippen molar-refractivity contribution in [3.05, 3.63) is 183 Å². The number of aromatic nitrogens is 8. The van der Waals surface area contributed by atoms with Crippen molar-refractivity contribution in [2.75, 3.05) is 0 Å². The van der Waals surface area contributed by atoms with Gasteiger partial charge in [0.25, 0.3) is 22.8 Å². The van der Waals surface area contributed by atoms with Crippen molar-refractivity contribution < 1.29 is 36.5 Å². The van der Waals surface area contributed by atoms with E-state index in [1.807, 2.05) is 0 Å². The van der Waals surface area contributed by atoms with Crippen LogP contribution in [0.15, 0.2) is 183 Å². The number of rotatable bonds is 0. The lowest BCUT2D eigenvalue weighted by Crippen LogP contribution is -2.99. The summed E-state index contributed by atoms with van der Waals surface area (Å²) in [6.45, 7) is 0. The Kier molecular flexibility index (Phi) is 4.56. The summed E-state index contributed by atoms with van der Waals surface area (Å²) >= 11 is 0. The first-order valence-electron chi connectivity index (χ1n) is 18.5. The molecule has 0 unspecified atom stereocenters. The Labute approximate surface area is 308 Å². The highest BCUT2D eigenvalue weighted by molar-refractivity contribution is 5.81. The van der Waals surface area contributed by atoms with E-state index >= 15 is 0 Å². The quantitative estimate of drug-likeness (QED) is 0.219. The van der Waals surface area contributed by atoms with Crippen LogP contribution in [0, 0.1) is 0 Å². The minimum absolute atomic E-state index is 0.859. The van der Waals surface area contributed by atoms with Crippen molar-refractivity contribution in [2.45, 2.75) is 11.8 Å². The molecule has 0 saturated carbocycles. The molecule has 0 amide bonds. The summed E-state index contributed by atoms with van der Waals surface area (Å²) < 4.78 is 20.3. The molecule has 10 heterocycles. The highest BCUT2D eigenvalue weighted by Gasteiger charge is 2.98. The van der Waals surface area contributed by atoms with Crippen LogP contribution in [-0.2, 0) is 11.8 Å². The first-order valence-corrected chi connectivity index (χ1v) is 18.5. The summed E-state index contributed by atoms with van der Waals surface area (Å²) in [7, 11) is 0. The van der Waals surface area contributed by atoms with Gasteiger partial charge in [0.05, 0.1) is 30.4 Å².